The Morgan fingerprint density at radius 2 is 1.80 bits per heavy atom. The summed E-state index contributed by atoms with van der Waals surface area (Å²) in [5.41, 5.74) is 1.01. The first kappa shape index (κ1) is 25.5. The maximum atomic E-state index is 13.5. The molecule has 2 atom stereocenters. The number of aromatic nitrogens is 2. The zero-order valence-corrected chi connectivity index (χ0v) is 22.2. The lowest BCUT2D eigenvalue weighted by molar-refractivity contribution is -0.117. The zero-order chi connectivity index (χ0) is 27.6. The number of pyridine rings is 2. The summed E-state index contributed by atoms with van der Waals surface area (Å²) in [6.45, 7) is 3.52. The zero-order valence-electron chi connectivity index (χ0n) is 21.4. The lowest BCUT2D eigenvalue weighted by Gasteiger charge is -2.32. The molecular weight excluding hydrogens is 528 g/mol. The van der Waals surface area contributed by atoms with Gasteiger partial charge < -0.3 is 20.7 Å². The molecule has 202 valence electrons. The highest BCUT2D eigenvalue weighted by Gasteiger charge is 2.35. The largest absolute Gasteiger partial charge is 0.456 e. The van der Waals surface area contributed by atoms with Gasteiger partial charge in [0, 0.05) is 18.3 Å². The van der Waals surface area contributed by atoms with Crippen molar-refractivity contribution in [1.82, 2.24) is 20.6 Å². The number of para-hydroxylation sites is 1. The van der Waals surface area contributed by atoms with Gasteiger partial charge in [-0.3, -0.25) is 9.59 Å². The summed E-state index contributed by atoms with van der Waals surface area (Å²) < 4.78 is 5.83. The normalized spacial score (nSPS) is 18.1. The van der Waals surface area contributed by atoms with Crippen LogP contribution in [0.2, 0.25) is 0 Å². The highest BCUT2D eigenvalue weighted by atomic mass is 32.1. The smallest absolute Gasteiger partial charge is 0.332 e. The number of nitrogens with zero attached hydrogens (tertiary/aromatic N) is 3. The van der Waals surface area contributed by atoms with Crippen LogP contribution in [0, 0.1) is 0 Å². The summed E-state index contributed by atoms with van der Waals surface area (Å²) in [6.07, 6.45) is 7.83. The third-order valence-electron chi connectivity index (χ3n) is 6.98. The molecule has 4 amide bonds. The van der Waals surface area contributed by atoms with Crippen molar-refractivity contribution in [1.29, 1.82) is 0 Å². The first-order valence-electron chi connectivity index (χ1n) is 13.0. The van der Waals surface area contributed by atoms with E-state index in [-0.39, 0.29) is 23.9 Å². The van der Waals surface area contributed by atoms with Crippen molar-refractivity contribution in [3.63, 3.8) is 0 Å². The summed E-state index contributed by atoms with van der Waals surface area (Å²) in [7, 11) is 0. The van der Waals surface area contributed by atoms with Crippen molar-refractivity contribution in [3.8, 4) is 11.5 Å². The lowest BCUT2D eigenvalue weighted by atomic mass is 9.90. The Bertz CT molecular complexity index is 1600. The quantitative estimate of drug-likeness (QED) is 0.259. The average Bonchev–Trinajstić information content (AvgIpc) is 3.35. The van der Waals surface area contributed by atoms with Crippen LogP contribution in [-0.2, 0) is 4.79 Å². The van der Waals surface area contributed by atoms with Gasteiger partial charge in [-0.2, -0.15) is 0 Å². The minimum Gasteiger partial charge on any atom is -0.456 e. The average molecular weight is 555 g/mol. The molecule has 0 unspecified atom stereocenters. The summed E-state index contributed by atoms with van der Waals surface area (Å²) in [5, 5.41) is 9.57. The van der Waals surface area contributed by atoms with E-state index in [1.807, 2.05) is 30.3 Å². The van der Waals surface area contributed by atoms with E-state index in [1.165, 1.54) is 22.3 Å². The van der Waals surface area contributed by atoms with Crippen LogP contribution >= 0.6 is 11.3 Å². The molecule has 0 saturated heterocycles. The van der Waals surface area contributed by atoms with Crippen molar-refractivity contribution in [2.75, 3.05) is 10.2 Å². The Morgan fingerprint density at radius 3 is 2.52 bits per heavy atom. The molecule has 6 rings (SSSR count). The summed E-state index contributed by atoms with van der Waals surface area (Å²) in [6, 6.07) is 13.7. The summed E-state index contributed by atoms with van der Waals surface area (Å²) in [4.78, 5) is 50.2. The second kappa shape index (κ2) is 10.8. The molecule has 1 saturated carbocycles. The molecular formula is C29H26N6O4S. The van der Waals surface area contributed by atoms with Gasteiger partial charge >= 0.3 is 6.03 Å². The number of rotatable bonds is 7. The van der Waals surface area contributed by atoms with Crippen LogP contribution in [0.5, 0.6) is 11.5 Å². The Kier molecular flexibility index (Phi) is 6.87. The van der Waals surface area contributed by atoms with E-state index in [9.17, 15) is 14.4 Å². The molecule has 1 fully saturated rings. The fourth-order valence-electron chi connectivity index (χ4n) is 5.11. The Balaban J connectivity index is 1.27. The monoisotopic (exact) mass is 554 g/mol. The van der Waals surface area contributed by atoms with Crippen LogP contribution in [0.15, 0.2) is 73.6 Å². The summed E-state index contributed by atoms with van der Waals surface area (Å²) in [5.74, 6) is 1.03. The topological polar surface area (TPSA) is 126 Å². The molecule has 40 heavy (non-hydrogen) atoms. The van der Waals surface area contributed by atoms with Gasteiger partial charge in [0.25, 0.3) is 5.91 Å². The fraction of sp³-hybridized carbons (Fsp3) is 0.207. The highest BCUT2D eigenvalue weighted by Crippen LogP contribution is 2.45. The number of ether oxygens (including phenoxy) is 1. The Labute approximate surface area is 234 Å². The van der Waals surface area contributed by atoms with E-state index >= 15 is 0 Å². The minimum absolute atomic E-state index is 0.187. The third-order valence-corrected chi connectivity index (χ3v) is 8.07. The second-order valence-electron chi connectivity index (χ2n) is 9.53. The number of hydrogen-bond acceptors (Lipinski definition) is 7. The van der Waals surface area contributed by atoms with Crippen LogP contribution in [0.1, 0.15) is 35.4 Å². The third kappa shape index (κ3) is 4.87. The van der Waals surface area contributed by atoms with Crippen LogP contribution in [0.3, 0.4) is 0 Å². The van der Waals surface area contributed by atoms with Gasteiger partial charge in [-0.15, -0.1) is 11.3 Å². The van der Waals surface area contributed by atoms with Crippen molar-refractivity contribution >= 4 is 56.6 Å². The highest BCUT2D eigenvalue weighted by molar-refractivity contribution is 7.21. The number of amides is 4. The second-order valence-corrected chi connectivity index (χ2v) is 10.5. The minimum atomic E-state index is -0.439. The number of thiophene rings is 1. The molecule has 0 bridgehead atoms. The molecule has 4 heterocycles. The number of benzene rings is 1. The van der Waals surface area contributed by atoms with Gasteiger partial charge in [0.15, 0.2) is 0 Å². The first-order valence-corrected chi connectivity index (χ1v) is 13.8. The molecule has 4 aromatic rings. The standard InChI is InChI=1S/C29H26N6O4S/c1-2-23(36)32-19-10-6-7-11-20(19)33-27(37)26-25-24-21(14-15-30-28(24)40-26)35(29(38)34-25)22-13-12-18(16-31-22)39-17-8-4-3-5-9-17/h2-5,8-9,12-16,19-20H,1,6-7,10-11H2,(H,32,36)(H,33,37)(H,34,38)/t19-,20-/m1/s1. The van der Waals surface area contributed by atoms with E-state index in [1.54, 1.807) is 30.6 Å². The predicted octanol–water partition coefficient (Wildman–Crippen LogP) is 5.51. The van der Waals surface area contributed by atoms with E-state index in [2.05, 4.69) is 32.5 Å². The Hall–Kier alpha value is -4.77. The molecule has 3 N–H and O–H groups in total. The van der Waals surface area contributed by atoms with Gasteiger partial charge in [-0.1, -0.05) is 37.6 Å². The van der Waals surface area contributed by atoms with E-state index in [0.717, 1.165) is 25.7 Å². The van der Waals surface area contributed by atoms with Crippen LogP contribution in [0.4, 0.5) is 22.0 Å². The van der Waals surface area contributed by atoms with Gasteiger partial charge in [0.2, 0.25) is 5.91 Å². The number of anilines is 3. The SMILES string of the molecule is C=CC(=O)N[C@@H]1CCCC[C@H]1NC(=O)c1sc2nccc3c2c1NC(=O)N3c1ccc(Oc2ccccc2)cn1. The number of carbonyl (C=O) groups is 3. The maximum Gasteiger partial charge on any atom is 0.332 e. The van der Waals surface area contributed by atoms with Gasteiger partial charge in [0.1, 0.15) is 27.0 Å². The van der Waals surface area contributed by atoms with Crippen molar-refractivity contribution in [3.05, 3.63) is 78.5 Å². The molecule has 3 aromatic heterocycles. The van der Waals surface area contributed by atoms with Gasteiger partial charge in [-0.25, -0.2) is 19.7 Å². The molecule has 1 aliphatic carbocycles. The molecule has 0 radical (unpaired) electrons. The van der Waals surface area contributed by atoms with Gasteiger partial charge in [0.05, 0.1) is 23.0 Å². The van der Waals surface area contributed by atoms with E-state index in [0.29, 0.717) is 43.8 Å². The van der Waals surface area contributed by atoms with E-state index < -0.39 is 6.03 Å². The Morgan fingerprint density at radius 1 is 1.02 bits per heavy atom. The predicted molar refractivity (Wildman–Crippen MR) is 153 cm³/mol. The molecule has 10 nitrogen and oxygen atoms in total. The van der Waals surface area contributed by atoms with Crippen LogP contribution < -0.4 is 25.6 Å². The van der Waals surface area contributed by atoms with Crippen molar-refractivity contribution in [2.24, 2.45) is 0 Å². The molecule has 0 spiro atoms. The molecule has 1 aliphatic heterocycles. The number of urea groups is 1. The number of nitrogens with one attached hydrogen (secondary N) is 3. The van der Waals surface area contributed by atoms with Crippen molar-refractivity contribution < 1.29 is 19.1 Å². The molecule has 11 heteroatoms. The van der Waals surface area contributed by atoms with Crippen molar-refractivity contribution in [2.45, 2.75) is 37.8 Å². The van der Waals surface area contributed by atoms with E-state index in [4.69, 9.17) is 4.74 Å². The van der Waals surface area contributed by atoms with Gasteiger partial charge in [-0.05, 0) is 49.2 Å². The lowest BCUT2D eigenvalue weighted by Crippen LogP contribution is -2.52. The maximum absolute atomic E-state index is 13.5. The van der Waals surface area contributed by atoms with Crippen LogP contribution in [-0.4, -0.2) is 39.9 Å². The fourth-order valence-corrected chi connectivity index (χ4v) is 6.14. The first-order chi connectivity index (χ1) is 19.5. The summed E-state index contributed by atoms with van der Waals surface area (Å²) >= 11 is 1.21. The molecule has 1 aromatic carbocycles. The molecule has 2 aliphatic rings. The van der Waals surface area contributed by atoms with Crippen LogP contribution in [0.25, 0.3) is 10.2 Å². The number of carbonyl (C=O) groups excluding carboxylic acids is 3. The number of hydrogen-bond donors (Lipinski definition) is 3.